The van der Waals surface area contributed by atoms with Crippen LogP contribution in [-0.2, 0) is 6.18 Å². The summed E-state index contributed by atoms with van der Waals surface area (Å²) in [4.78, 5) is 19.3. The normalized spacial score (nSPS) is 17.2. The number of likely N-dealkylation sites (tertiary alicyclic amines) is 1. The number of aromatic nitrogens is 3. The standard InChI is InChI=1S/C21H22F3N5O2/c1-11-6-5-7-12(17(11)31-2)20(30)29-9-4-3-8-15(29)14-10-13(21(22,23)24)16-18(25)27-28-19(16)26-14/h5-7,10,15H,3-4,8-9H2,1-2H3,(H3,25,26,27,28)/t15-/m0/s1. The number of carbonyl (C=O) groups excluding carboxylic acids is 1. The number of carbonyl (C=O) groups is 1. The minimum absolute atomic E-state index is 0.117. The van der Waals surface area contributed by atoms with Crippen LogP contribution in [0.5, 0.6) is 5.75 Å². The van der Waals surface area contributed by atoms with E-state index in [1.165, 1.54) is 7.11 Å². The predicted octanol–water partition coefficient (Wildman–Crippen LogP) is 4.24. The highest BCUT2D eigenvalue weighted by Crippen LogP contribution is 2.40. The van der Waals surface area contributed by atoms with Crippen molar-refractivity contribution in [1.82, 2.24) is 20.1 Å². The number of para-hydroxylation sites is 1. The molecule has 7 nitrogen and oxygen atoms in total. The monoisotopic (exact) mass is 433 g/mol. The topological polar surface area (TPSA) is 97.1 Å². The van der Waals surface area contributed by atoms with Crippen molar-refractivity contribution in [2.75, 3.05) is 19.4 Å². The fraction of sp³-hybridized carbons (Fsp3) is 0.381. The van der Waals surface area contributed by atoms with Crippen LogP contribution in [-0.4, -0.2) is 39.6 Å². The number of H-pyrrole nitrogens is 1. The van der Waals surface area contributed by atoms with Crippen LogP contribution < -0.4 is 10.5 Å². The van der Waals surface area contributed by atoms with Gasteiger partial charge in [-0.3, -0.25) is 9.89 Å². The van der Waals surface area contributed by atoms with Gasteiger partial charge < -0.3 is 15.4 Å². The lowest BCUT2D eigenvalue weighted by Crippen LogP contribution is -2.39. The van der Waals surface area contributed by atoms with E-state index >= 15 is 0 Å². The highest BCUT2D eigenvalue weighted by molar-refractivity contribution is 5.98. The first-order valence-electron chi connectivity index (χ1n) is 9.88. The molecule has 3 N–H and O–H groups in total. The van der Waals surface area contributed by atoms with Crippen LogP contribution in [0.3, 0.4) is 0 Å². The molecule has 0 radical (unpaired) electrons. The van der Waals surface area contributed by atoms with Gasteiger partial charge in [-0.2, -0.15) is 18.3 Å². The molecule has 0 saturated carbocycles. The number of aromatic amines is 1. The minimum Gasteiger partial charge on any atom is -0.496 e. The maximum atomic E-state index is 13.8. The Morgan fingerprint density at radius 1 is 1.32 bits per heavy atom. The van der Waals surface area contributed by atoms with Crippen LogP contribution in [0, 0.1) is 6.92 Å². The number of halogens is 3. The summed E-state index contributed by atoms with van der Waals surface area (Å²) < 4.78 is 46.7. The van der Waals surface area contributed by atoms with Gasteiger partial charge >= 0.3 is 6.18 Å². The molecule has 0 aliphatic carbocycles. The average molecular weight is 433 g/mol. The minimum atomic E-state index is -4.64. The van der Waals surface area contributed by atoms with Crippen molar-refractivity contribution in [2.45, 2.75) is 38.4 Å². The summed E-state index contributed by atoms with van der Waals surface area (Å²) in [6, 6.07) is 5.61. The van der Waals surface area contributed by atoms with E-state index < -0.39 is 17.8 Å². The molecule has 1 aromatic carbocycles. The lowest BCUT2D eigenvalue weighted by molar-refractivity contribution is -0.136. The third-order valence-corrected chi connectivity index (χ3v) is 5.63. The summed E-state index contributed by atoms with van der Waals surface area (Å²) in [6.07, 6.45) is -2.63. The quantitative estimate of drug-likeness (QED) is 0.644. The molecule has 1 atom stereocenters. The lowest BCUT2D eigenvalue weighted by Gasteiger charge is -2.36. The Balaban J connectivity index is 1.81. The first kappa shape index (κ1) is 21.0. The third kappa shape index (κ3) is 3.66. The Bertz CT molecular complexity index is 1140. The average Bonchev–Trinajstić information content (AvgIpc) is 3.12. The summed E-state index contributed by atoms with van der Waals surface area (Å²) >= 11 is 0. The van der Waals surface area contributed by atoms with E-state index in [4.69, 9.17) is 10.5 Å². The van der Waals surface area contributed by atoms with Gasteiger partial charge in [-0.05, 0) is 43.9 Å². The Kier molecular flexibility index (Phi) is 5.24. The summed E-state index contributed by atoms with van der Waals surface area (Å²) in [5.41, 5.74) is 5.95. The van der Waals surface area contributed by atoms with Gasteiger partial charge in [0.2, 0.25) is 0 Å². The summed E-state index contributed by atoms with van der Waals surface area (Å²) in [5, 5.41) is 5.94. The molecule has 0 unspecified atom stereocenters. The number of nitrogens with two attached hydrogens (primary N) is 1. The number of anilines is 1. The van der Waals surface area contributed by atoms with E-state index in [1.807, 2.05) is 13.0 Å². The molecule has 10 heteroatoms. The molecule has 0 spiro atoms. The second-order valence-corrected chi connectivity index (χ2v) is 7.59. The third-order valence-electron chi connectivity index (χ3n) is 5.63. The Morgan fingerprint density at radius 2 is 2.10 bits per heavy atom. The maximum absolute atomic E-state index is 13.8. The van der Waals surface area contributed by atoms with Gasteiger partial charge in [0.1, 0.15) is 11.6 Å². The highest BCUT2D eigenvalue weighted by Gasteiger charge is 2.38. The number of fused-ring (bicyclic) bond motifs is 1. The van der Waals surface area contributed by atoms with Gasteiger partial charge in [0.15, 0.2) is 5.65 Å². The predicted molar refractivity (Wildman–Crippen MR) is 109 cm³/mol. The first-order chi connectivity index (χ1) is 14.7. The molecule has 0 bridgehead atoms. The van der Waals surface area contributed by atoms with Crippen molar-refractivity contribution in [3.63, 3.8) is 0 Å². The van der Waals surface area contributed by atoms with E-state index in [1.54, 1.807) is 17.0 Å². The molecule has 3 aromatic rings. The van der Waals surface area contributed by atoms with Gasteiger partial charge in [-0.15, -0.1) is 0 Å². The van der Waals surface area contributed by atoms with Crippen LogP contribution >= 0.6 is 0 Å². The number of hydrogen-bond donors (Lipinski definition) is 2. The number of piperidine rings is 1. The number of alkyl halides is 3. The van der Waals surface area contributed by atoms with Crippen LogP contribution in [0.4, 0.5) is 19.0 Å². The van der Waals surface area contributed by atoms with Gasteiger partial charge in [0, 0.05) is 6.54 Å². The summed E-state index contributed by atoms with van der Waals surface area (Å²) in [6.45, 7) is 2.24. The van der Waals surface area contributed by atoms with Crippen LogP contribution in [0.25, 0.3) is 11.0 Å². The van der Waals surface area contributed by atoms with E-state index in [2.05, 4.69) is 15.2 Å². The SMILES string of the molecule is COc1c(C)cccc1C(=O)N1CCCC[C@H]1c1cc(C(F)(F)F)c2c(N)[nH]nc2n1. The highest BCUT2D eigenvalue weighted by atomic mass is 19.4. The number of benzene rings is 1. The second kappa shape index (κ2) is 7.75. The Labute approximate surface area is 176 Å². The number of amides is 1. The Morgan fingerprint density at radius 3 is 2.81 bits per heavy atom. The number of methoxy groups -OCH3 is 1. The molecule has 3 heterocycles. The Hall–Kier alpha value is -3.30. The zero-order valence-corrected chi connectivity index (χ0v) is 17.1. The number of ether oxygens (including phenoxy) is 1. The van der Waals surface area contributed by atoms with E-state index in [-0.39, 0.29) is 28.5 Å². The van der Waals surface area contributed by atoms with Crippen molar-refractivity contribution in [2.24, 2.45) is 0 Å². The number of nitrogens with one attached hydrogen (secondary N) is 1. The number of nitrogens with zero attached hydrogens (tertiary/aromatic N) is 3. The number of aryl methyl sites for hydroxylation is 1. The molecule has 1 aliphatic heterocycles. The zero-order valence-electron chi connectivity index (χ0n) is 17.1. The molecule has 164 valence electrons. The number of pyridine rings is 1. The van der Waals surface area contributed by atoms with Crippen LogP contribution in [0.2, 0.25) is 0 Å². The van der Waals surface area contributed by atoms with Crippen molar-refractivity contribution in [3.05, 3.63) is 46.6 Å². The summed E-state index contributed by atoms with van der Waals surface area (Å²) in [7, 11) is 1.49. The van der Waals surface area contributed by atoms with Gasteiger partial charge in [0.25, 0.3) is 5.91 Å². The first-order valence-corrected chi connectivity index (χ1v) is 9.88. The van der Waals surface area contributed by atoms with Crippen molar-refractivity contribution >= 4 is 22.8 Å². The molecule has 1 aliphatic rings. The van der Waals surface area contributed by atoms with Crippen molar-refractivity contribution < 1.29 is 22.7 Å². The molecule has 2 aromatic heterocycles. The van der Waals surface area contributed by atoms with Gasteiger partial charge in [-0.25, -0.2) is 4.98 Å². The molecule has 1 amide bonds. The van der Waals surface area contributed by atoms with E-state index in [9.17, 15) is 18.0 Å². The fourth-order valence-corrected chi connectivity index (χ4v) is 4.19. The van der Waals surface area contributed by atoms with Gasteiger partial charge in [0.05, 0.1) is 35.4 Å². The van der Waals surface area contributed by atoms with E-state index in [0.29, 0.717) is 24.3 Å². The zero-order chi connectivity index (χ0) is 22.3. The van der Waals surface area contributed by atoms with Crippen molar-refractivity contribution in [3.8, 4) is 5.75 Å². The lowest BCUT2D eigenvalue weighted by atomic mass is 9.95. The molecule has 31 heavy (non-hydrogen) atoms. The van der Waals surface area contributed by atoms with Crippen molar-refractivity contribution in [1.29, 1.82) is 0 Å². The van der Waals surface area contributed by atoms with Crippen LogP contribution in [0.1, 0.15) is 52.5 Å². The molecular weight excluding hydrogens is 411 g/mol. The molecule has 1 fully saturated rings. The fourth-order valence-electron chi connectivity index (χ4n) is 4.19. The number of nitrogen functional groups attached to an aromatic ring is 1. The molecule has 1 saturated heterocycles. The number of hydrogen-bond acceptors (Lipinski definition) is 5. The van der Waals surface area contributed by atoms with Gasteiger partial charge in [-0.1, -0.05) is 12.1 Å². The molecule has 4 rings (SSSR count). The van der Waals surface area contributed by atoms with E-state index in [0.717, 1.165) is 24.5 Å². The summed E-state index contributed by atoms with van der Waals surface area (Å²) in [5.74, 6) is -0.0408. The number of rotatable bonds is 3. The molecular formula is C21H22F3N5O2. The van der Waals surface area contributed by atoms with Crippen LogP contribution in [0.15, 0.2) is 24.3 Å². The largest absolute Gasteiger partial charge is 0.496 e. The second-order valence-electron chi connectivity index (χ2n) is 7.59. The maximum Gasteiger partial charge on any atom is 0.417 e. The smallest absolute Gasteiger partial charge is 0.417 e.